The zero-order chi connectivity index (χ0) is 22.7. The van der Waals surface area contributed by atoms with Crippen molar-refractivity contribution in [1.82, 2.24) is 14.8 Å². The Morgan fingerprint density at radius 3 is 2.81 bits per heavy atom. The summed E-state index contributed by atoms with van der Waals surface area (Å²) in [7, 11) is 0. The molecule has 1 fully saturated rings. The summed E-state index contributed by atoms with van der Waals surface area (Å²) in [6, 6.07) is 3.77. The third-order valence-electron chi connectivity index (χ3n) is 5.21. The summed E-state index contributed by atoms with van der Waals surface area (Å²) < 4.78 is 12.7. The van der Waals surface area contributed by atoms with Gasteiger partial charge in [-0.25, -0.2) is 4.79 Å². The van der Waals surface area contributed by atoms with Gasteiger partial charge in [-0.2, -0.15) is 0 Å². The monoisotopic (exact) mass is 474 g/mol. The average Bonchev–Trinajstić information content (AvgIpc) is 3.19. The SMILES string of the molecule is CCOC(=O)c1c(NC(=O)CSc2nnc(C3CC3)n2Cc2ccco2)sc(CC)c1C. The van der Waals surface area contributed by atoms with Gasteiger partial charge >= 0.3 is 5.97 Å². The van der Waals surface area contributed by atoms with E-state index in [1.165, 1.54) is 23.1 Å². The quantitative estimate of drug-likeness (QED) is 0.338. The smallest absolute Gasteiger partial charge is 0.341 e. The van der Waals surface area contributed by atoms with Crippen LogP contribution in [0.25, 0.3) is 0 Å². The number of carbonyl (C=O) groups is 2. The van der Waals surface area contributed by atoms with E-state index in [9.17, 15) is 9.59 Å². The Hall–Kier alpha value is -2.59. The predicted octanol–water partition coefficient (Wildman–Crippen LogP) is 4.64. The summed E-state index contributed by atoms with van der Waals surface area (Å²) in [5.74, 6) is 1.73. The van der Waals surface area contributed by atoms with Gasteiger partial charge in [0.1, 0.15) is 16.6 Å². The summed E-state index contributed by atoms with van der Waals surface area (Å²) in [4.78, 5) is 26.3. The van der Waals surface area contributed by atoms with Crippen LogP contribution < -0.4 is 5.32 Å². The number of hydrogen-bond donors (Lipinski definition) is 1. The first-order valence-electron chi connectivity index (χ1n) is 10.7. The van der Waals surface area contributed by atoms with E-state index in [0.717, 1.165) is 41.3 Å². The van der Waals surface area contributed by atoms with Crippen LogP contribution in [0, 0.1) is 6.92 Å². The molecule has 32 heavy (non-hydrogen) atoms. The summed E-state index contributed by atoms with van der Waals surface area (Å²) >= 11 is 2.75. The zero-order valence-electron chi connectivity index (χ0n) is 18.3. The van der Waals surface area contributed by atoms with Gasteiger partial charge in [0, 0.05) is 10.8 Å². The van der Waals surface area contributed by atoms with Gasteiger partial charge in [0.05, 0.1) is 30.7 Å². The highest BCUT2D eigenvalue weighted by molar-refractivity contribution is 7.99. The van der Waals surface area contributed by atoms with Gasteiger partial charge in [0.2, 0.25) is 5.91 Å². The Balaban J connectivity index is 1.46. The standard InChI is InChI=1S/C22H26N4O4S2/c1-4-16-13(3)18(21(28)29-5-2)20(32-16)23-17(27)12-31-22-25-24-19(14-8-9-14)26(22)11-15-7-6-10-30-15/h6-7,10,14H,4-5,8-9,11-12H2,1-3H3,(H,23,27). The van der Waals surface area contributed by atoms with Crippen molar-refractivity contribution in [3.8, 4) is 0 Å². The average molecular weight is 475 g/mol. The number of amides is 1. The number of hydrogen-bond acceptors (Lipinski definition) is 8. The highest BCUT2D eigenvalue weighted by Crippen LogP contribution is 2.40. The van der Waals surface area contributed by atoms with Crippen molar-refractivity contribution in [3.63, 3.8) is 0 Å². The maximum Gasteiger partial charge on any atom is 0.341 e. The lowest BCUT2D eigenvalue weighted by Crippen LogP contribution is -2.17. The molecule has 1 saturated carbocycles. The van der Waals surface area contributed by atoms with Crippen molar-refractivity contribution in [3.05, 3.63) is 46.0 Å². The van der Waals surface area contributed by atoms with E-state index < -0.39 is 5.97 Å². The van der Waals surface area contributed by atoms with Crippen LogP contribution in [-0.4, -0.2) is 39.0 Å². The van der Waals surface area contributed by atoms with Crippen molar-refractivity contribution in [2.45, 2.75) is 57.7 Å². The first kappa shape index (κ1) is 22.6. The van der Waals surface area contributed by atoms with Crippen LogP contribution in [0.3, 0.4) is 0 Å². The molecule has 0 unspecified atom stereocenters. The summed E-state index contributed by atoms with van der Waals surface area (Å²) in [6.07, 6.45) is 4.64. The lowest BCUT2D eigenvalue weighted by atomic mass is 10.1. The van der Waals surface area contributed by atoms with E-state index >= 15 is 0 Å². The van der Waals surface area contributed by atoms with Gasteiger partial charge in [-0.05, 0) is 50.8 Å². The van der Waals surface area contributed by atoms with Crippen LogP contribution in [0.4, 0.5) is 5.00 Å². The van der Waals surface area contributed by atoms with E-state index in [4.69, 9.17) is 9.15 Å². The minimum atomic E-state index is -0.406. The third kappa shape index (κ3) is 4.91. The topological polar surface area (TPSA) is 99.2 Å². The van der Waals surface area contributed by atoms with Crippen molar-refractivity contribution < 1.29 is 18.7 Å². The van der Waals surface area contributed by atoms with E-state index in [-0.39, 0.29) is 18.3 Å². The van der Waals surface area contributed by atoms with Gasteiger partial charge in [0.15, 0.2) is 5.16 Å². The van der Waals surface area contributed by atoms with Crippen molar-refractivity contribution >= 4 is 40.0 Å². The molecule has 3 heterocycles. The predicted molar refractivity (Wildman–Crippen MR) is 124 cm³/mol. The number of thiophene rings is 1. The third-order valence-corrected chi connectivity index (χ3v) is 7.53. The number of nitrogens with one attached hydrogen (secondary N) is 1. The van der Waals surface area contributed by atoms with Crippen LogP contribution in [-0.2, 0) is 22.5 Å². The molecule has 0 aliphatic heterocycles. The van der Waals surface area contributed by atoms with Crippen molar-refractivity contribution in [2.24, 2.45) is 0 Å². The summed E-state index contributed by atoms with van der Waals surface area (Å²) in [6.45, 7) is 6.51. The second kappa shape index (κ2) is 9.91. The molecule has 170 valence electrons. The molecule has 0 saturated heterocycles. The van der Waals surface area contributed by atoms with E-state index in [2.05, 4.69) is 15.5 Å². The first-order valence-corrected chi connectivity index (χ1v) is 12.5. The lowest BCUT2D eigenvalue weighted by Gasteiger charge is -2.09. The fraction of sp³-hybridized carbons (Fsp3) is 0.455. The largest absolute Gasteiger partial charge is 0.467 e. The molecule has 0 atom stereocenters. The lowest BCUT2D eigenvalue weighted by molar-refractivity contribution is -0.113. The molecular weight excluding hydrogens is 448 g/mol. The second-order valence-corrected chi connectivity index (χ2v) is 9.59. The van der Waals surface area contributed by atoms with Gasteiger partial charge < -0.3 is 14.5 Å². The van der Waals surface area contributed by atoms with Crippen LogP contribution >= 0.6 is 23.1 Å². The van der Waals surface area contributed by atoms with E-state index in [1.807, 2.05) is 30.5 Å². The Morgan fingerprint density at radius 2 is 2.16 bits per heavy atom. The van der Waals surface area contributed by atoms with Gasteiger partial charge in [0.25, 0.3) is 0 Å². The van der Waals surface area contributed by atoms with Crippen LogP contribution in [0.5, 0.6) is 0 Å². The second-order valence-electron chi connectivity index (χ2n) is 7.55. The molecular formula is C22H26N4O4S2. The van der Waals surface area contributed by atoms with Gasteiger partial charge in [-0.3, -0.25) is 9.36 Å². The Labute approximate surface area is 194 Å². The van der Waals surface area contributed by atoms with Gasteiger partial charge in [-0.1, -0.05) is 18.7 Å². The summed E-state index contributed by atoms with van der Waals surface area (Å²) in [5, 5.41) is 12.8. The van der Waals surface area contributed by atoms with Crippen LogP contribution in [0.15, 0.2) is 28.0 Å². The molecule has 1 amide bonds. The van der Waals surface area contributed by atoms with E-state index in [0.29, 0.717) is 28.2 Å². The molecule has 1 aliphatic rings. The first-order chi connectivity index (χ1) is 15.5. The number of furan rings is 1. The Bertz CT molecular complexity index is 1100. The van der Waals surface area contributed by atoms with Crippen LogP contribution in [0.1, 0.15) is 65.0 Å². The zero-order valence-corrected chi connectivity index (χ0v) is 20.0. The number of carbonyl (C=O) groups excluding carboxylic acids is 2. The number of anilines is 1. The highest BCUT2D eigenvalue weighted by atomic mass is 32.2. The van der Waals surface area contributed by atoms with Gasteiger partial charge in [-0.15, -0.1) is 21.5 Å². The Morgan fingerprint density at radius 1 is 1.34 bits per heavy atom. The molecule has 1 N–H and O–H groups in total. The fourth-order valence-electron chi connectivity index (χ4n) is 3.49. The fourth-order valence-corrected chi connectivity index (χ4v) is 5.38. The van der Waals surface area contributed by atoms with Crippen LogP contribution in [0.2, 0.25) is 0 Å². The number of esters is 1. The molecule has 0 spiro atoms. The summed E-state index contributed by atoms with van der Waals surface area (Å²) in [5.41, 5.74) is 1.32. The molecule has 3 aromatic rings. The minimum Gasteiger partial charge on any atom is -0.467 e. The molecule has 0 aromatic carbocycles. The molecule has 1 aliphatic carbocycles. The number of ether oxygens (including phenoxy) is 1. The van der Waals surface area contributed by atoms with Crippen molar-refractivity contribution in [1.29, 1.82) is 0 Å². The molecule has 10 heteroatoms. The highest BCUT2D eigenvalue weighted by Gasteiger charge is 2.31. The van der Waals surface area contributed by atoms with E-state index in [1.54, 1.807) is 13.2 Å². The molecule has 3 aromatic heterocycles. The molecule has 0 radical (unpaired) electrons. The number of aryl methyl sites for hydroxylation is 1. The number of nitrogens with zero attached hydrogens (tertiary/aromatic N) is 3. The minimum absolute atomic E-state index is 0.154. The normalized spacial score (nSPS) is 13.3. The Kier molecular flexibility index (Phi) is 7.00. The molecule has 0 bridgehead atoms. The maximum atomic E-state index is 12.8. The molecule has 8 nitrogen and oxygen atoms in total. The maximum absolute atomic E-state index is 12.8. The molecule has 4 rings (SSSR count). The number of aromatic nitrogens is 3. The number of thioether (sulfide) groups is 1. The van der Waals surface area contributed by atoms with Crippen molar-refractivity contribution in [2.75, 3.05) is 17.7 Å². The number of rotatable bonds is 10.